The number of piperidine rings is 1. The van der Waals surface area contributed by atoms with Crippen LogP contribution < -0.4 is 0 Å². The summed E-state index contributed by atoms with van der Waals surface area (Å²) in [5.41, 5.74) is 0.847. The molecule has 0 aromatic carbocycles. The molecule has 2 aliphatic rings. The number of hydrogen-bond donors (Lipinski definition) is 0. The third kappa shape index (κ3) is 2.75. The van der Waals surface area contributed by atoms with Gasteiger partial charge in [-0.15, -0.1) is 0 Å². The molecule has 88 valence electrons. The van der Waals surface area contributed by atoms with Crippen molar-refractivity contribution in [1.82, 2.24) is 4.90 Å². The van der Waals surface area contributed by atoms with Crippen molar-refractivity contribution in [2.24, 2.45) is 5.41 Å². The van der Waals surface area contributed by atoms with Crippen molar-refractivity contribution >= 4 is 0 Å². The van der Waals surface area contributed by atoms with Gasteiger partial charge in [0.05, 0.1) is 0 Å². The molecule has 15 heavy (non-hydrogen) atoms. The number of nitrogens with zero attached hydrogens (tertiary/aromatic N) is 1. The van der Waals surface area contributed by atoms with Crippen LogP contribution in [0.3, 0.4) is 0 Å². The molecule has 0 radical (unpaired) electrons. The van der Waals surface area contributed by atoms with E-state index in [0.717, 1.165) is 11.5 Å². The lowest BCUT2D eigenvalue weighted by Gasteiger charge is -2.38. The van der Waals surface area contributed by atoms with Crippen molar-refractivity contribution in [3.8, 4) is 0 Å². The lowest BCUT2D eigenvalue weighted by molar-refractivity contribution is 0.111. The van der Waals surface area contributed by atoms with Crippen molar-refractivity contribution in [3.05, 3.63) is 0 Å². The zero-order valence-corrected chi connectivity index (χ0v) is 10.6. The third-order valence-electron chi connectivity index (χ3n) is 4.58. The SMILES string of the molecule is CCCC(CCC)N1CCC2(CC1)CC2. The van der Waals surface area contributed by atoms with Crippen LogP contribution in [0.1, 0.15) is 65.2 Å². The summed E-state index contributed by atoms with van der Waals surface area (Å²) in [4.78, 5) is 2.79. The maximum Gasteiger partial charge on any atom is 0.00950 e. The summed E-state index contributed by atoms with van der Waals surface area (Å²) in [5.74, 6) is 0. The lowest BCUT2D eigenvalue weighted by atomic mass is 9.91. The molecule has 0 aromatic heterocycles. The van der Waals surface area contributed by atoms with Crippen molar-refractivity contribution in [2.45, 2.75) is 71.3 Å². The Balaban J connectivity index is 1.80. The van der Waals surface area contributed by atoms with E-state index in [-0.39, 0.29) is 0 Å². The van der Waals surface area contributed by atoms with E-state index in [9.17, 15) is 0 Å². The summed E-state index contributed by atoms with van der Waals surface area (Å²) in [6, 6.07) is 0.899. The van der Waals surface area contributed by atoms with Crippen LogP contribution >= 0.6 is 0 Å². The Bertz CT molecular complexity index is 180. The highest BCUT2D eigenvalue weighted by molar-refractivity contribution is 4.97. The number of likely N-dealkylation sites (tertiary alicyclic amines) is 1. The molecule has 0 amide bonds. The second-order valence-electron chi connectivity index (χ2n) is 5.77. The highest BCUT2D eigenvalue weighted by Gasteiger charge is 2.44. The van der Waals surface area contributed by atoms with Crippen molar-refractivity contribution < 1.29 is 0 Å². The molecular weight excluding hydrogens is 182 g/mol. The average Bonchev–Trinajstić information content (AvgIpc) is 2.99. The summed E-state index contributed by atoms with van der Waals surface area (Å²) in [7, 11) is 0. The minimum Gasteiger partial charge on any atom is -0.300 e. The topological polar surface area (TPSA) is 3.24 Å². The molecule has 1 heteroatoms. The van der Waals surface area contributed by atoms with Gasteiger partial charge < -0.3 is 4.90 Å². The van der Waals surface area contributed by atoms with Gasteiger partial charge in [-0.25, -0.2) is 0 Å². The molecule has 1 nitrogen and oxygen atoms in total. The Labute approximate surface area is 95.2 Å². The first-order valence-electron chi connectivity index (χ1n) is 7.04. The van der Waals surface area contributed by atoms with Gasteiger partial charge in [-0.3, -0.25) is 0 Å². The van der Waals surface area contributed by atoms with E-state index in [2.05, 4.69) is 18.7 Å². The van der Waals surface area contributed by atoms with Crippen molar-refractivity contribution in [2.75, 3.05) is 13.1 Å². The average molecular weight is 209 g/mol. The second-order valence-corrected chi connectivity index (χ2v) is 5.77. The molecule has 1 saturated heterocycles. The second kappa shape index (κ2) is 4.86. The van der Waals surface area contributed by atoms with Gasteiger partial charge in [-0.1, -0.05) is 26.7 Å². The maximum atomic E-state index is 2.79. The summed E-state index contributed by atoms with van der Waals surface area (Å²) in [6.45, 7) is 7.44. The largest absolute Gasteiger partial charge is 0.300 e. The van der Waals surface area contributed by atoms with Gasteiger partial charge in [0, 0.05) is 6.04 Å². The quantitative estimate of drug-likeness (QED) is 0.665. The van der Waals surface area contributed by atoms with Crippen LogP contribution in [0.2, 0.25) is 0 Å². The molecule has 1 saturated carbocycles. The summed E-state index contributed by atoms with van der Waals surface area (Å²) in [5, 5.41) is 0. The molecule has 1 aliphatic heterocycles. The van der Waals surface area contributed by atoms with Gasteiger partial charge in [0.15, 0.2) is 0 Å². The van der Waals surface area contributed by atoms with E-state index < -0.39 is 0 Å². The normalized spacial score (nSPS) is 25.0. The van der Waals surface area contributed by atoms with Crippen LogP contribution in [0.25, 0.3) is 0 Å². The Hall–Kier alpha value is -0.0400. The van der Waals surface area contributed by atoms with Crippen molar-refractivity contribution in [3.63, 3.8) is 0 Å². The van der Waals surface area contributed by atoms with Crippen LogP contribution in [0.15, 0.2) is 0 Å². The fourth-order valence-corrected chi connectivity index (χ4v) is 3.22. The summed E-state index contributed by atoms with van der Waals surface area (Å²) in [6.07, 6.45) is 11.6. The van der Waals surface area contributed by atoms with Crippen LogP contribution in [0.5, 0.6) is 0 Å². The zero-order valence-electron chi connectivity index (χ0n) is 10.6. The fourth-order valence-electron chi connectivity index (χ4n) is 3.22. The van der Waals surface area contributed by atoms with Crippen LogP contribution in [-0.4, -0.2) is 24.0 Å². The molecule has 0 unspecified atom stereocenters. The van der Waals surface area contributed by atoms with E-state index in [1.54, 1.807) is 0 Å². The lowest BCUT2D eigenvalue weighted by Crippen LogP contribution is -2.41. The summed E-state index contributed by atoms with van der Waals surface area (Å²) >= 11 is 0. The molecule has 0 atom stereocenters. The highest BCUT2D eigenvalue weighted by Crippen LogP contribution is 2.53. The molecule has 0 aromatic rings. The van der Waals surface area contributed by atoms with E-state index in [4.69, 9.17) is 0 Å². The van der Waals surface area contributed by atoms with Crippen LogP contribution in [0, 0.1) is 5.41 Å². The van der Waals surface area contributed by atoms with E-state index in [1.807, 2.05) is 0 Å². The van der Waals surface area contributed by atoms with E-state index in [1.165, 1.54) is 64.5 Å². The molecule has 1 spiro atoms. The maximum absolute atomic E-state index is 2.79. The van der Waals surface area contributed by atoms with E-state index in [0.29, 0.717) is 0 Å². The summed E-state index contributed by atoms with van der Waals surface area (Å²) < 4.78 is 0. The number of hydrogen-bond acceptors (Lipinski definition) is 1. The minimum atomic E-state index is 0.847. The Kier molecular flexibility index (Phi) is 3.71. The molecule has 1 aliphatic carbocycles. The standard InChI is InChI=1S/C14H27N/c1-3-5-13(6-4-2)15-11-9-14(7-8-14)10-12-15/h13H,3-12H2,1-2H3. The first-order valence-corrected chi connectivity index (χ1v) is 7.04. The predicted molar refractivity (Wildman–Crippen MR) is 66.1 cm³/mol. The Morgan fingerprint density at radius 2 is 1.47 bits per heavy atom. The molecular formula is C14H27N. The van der Waals surface area contributed by atoms with Gasteiger partial charge in [0.2, 0.25) is 0 Å². The molecule has 0 bridgehead atoms. The molecule has 1 heterocycles. The fraction of sp³-hybridized carbons (Fsp3) is 1.00. The van der Waals surface area contributed by atoms with Crippen molar-refractivity contribution in [1.29, 1.82) is 0 Å². The molecule has 0 N–H and O–H groups in total. The van der Waals surface area contributed by atoms with Gasteiger partial charge in [-0.05, 0) is 57.0 Å². The molecule has 2 fully saturated rings. The third-order valence-corrected chi connectivity index (χ3v) is 4.58. The monoisotopic (exact) mass is 209 g/mol. The van der Waals surface area contributed by atoms with Gasteiger partial charge >= 0.3 is 0 Å². The van der Waals surface area contributed by atoms with Gasteiger partial charge in [0.25, 0.3) is 0 Å². The Morgan fingerprint density at radius 1 is 0.933 bits per heavy atom. The predicted octanol–water partition coefficient (Wildman–Crippen LogP) is 3.83. The van der Waals surface area contributed by atoms with Gasteiger partial charge in [0.1, 0.15) is 0 Å². The Morgan fingerprint density at radius 3 is 1.87 bits per heavy atom. The first-order chi connectivity index (χ1) is 7.29. The highest BCUT2D eigenvalue weighted by atomic mass is 15.2. The van der Waals surface area contributed by atoms with E-state index >= 15 is 0 Å². The van der Waals surface area contributed by atoms with Crippen LogP contribution in [-0.2, 0) is 0 Å². The number of rotatable bonds is 5. The smallest absolute Gasteiger partial charge is 0.00950 e. The first kappa shape index (κ1) is 11.4. The zero-order chi connectivity index (χ0) is 10.7. The minimum absolute atomic E-state index is 0.847. The molecule has 2 rings (SSSR count). The van der Waals surface area contributed by atoms with Gasteiger partial charge in [-0.2, -0.15) is 0 Å². The van der Waals surface area contributed by atoms with Crippen LogP contribution in [0.4, 0.5) is 0 Å².